The van der Waals surface area contributed by atoms with Crippen LogP contribution < -0.4 is 5.32 Å². The predicted molar refractivity (Wildman–Crippen MR) is 108 cm³/mol. The van der Waals surface area contributed by atoms with Gasteiger partial charge >= 0.3 is 12.0 Å². The highest BCUT2D eigenvalue weighted by Crippen LogP contribution is 2.22. The first kappa shape index (κ1) is 19.6. The van der Waals surface area contributed by atoms with E-state index < -0.39 is 17.8 Å². The lowest BCUT2D eigenvalue weighted by atomic mass is 9.98. The third kappa shape index (κ3) is 4.47. The second-order valence-electron chi connectivity index (χ2n) is 7.36. The van der Waals surface area contributed by atoms with Crippen molar-refractivity contribution < 1.29 is 19.1 Å². The Bertz CT molecular complexity index is 911. The molecule has 4 rings (SSSR count). The van der Waals surface area contributed by atoms with E-state index in [4.69, 9.17) is 4.74 Å². The van der Waals surface area contributed by atoms with Gasteiger partial charge in [-0.2, -0.15) is 8.75 Å². The topological polar surface area (TPSA) is 105 Å². The second kappa shape index (κ2) is 8.73. The largest absolute Gasteiger partial charge is 0.455 e. The first-order chi connectivity index (χ1) is 14.1. The normalized spacial score (nSPS) is 19.4. The number of hydrogen-bond donors (Lipinski definition) is 1. The van der Waals surface area contributed by atoms with Crippen LogP contribution in [0, 0.1) is 5.92 Å². The average Bonchev–Trinajstić information content (AvgIpc) is 3.44. The van der Waals surface area contributed by atoms with Crippen molar-refractivity contribution in [3.05, 3.63) is 18.2 Å². The molecule has 0 bridgehead atoms. The number of nitrogens with zero attached hydrogens (tertiary/aromatic N) is 4. The Hall–Kier alpha value is -2.75. The summed E-state index contributed by atoms with van der Waals surface area (Å²) in [4.78, 5) is 40.8. The van der Waals surface area contributed by atoms with E-state index in [-0.39, 0.29) is 12.6 Å². The van der Waals surface area contributed by atoms with E-state index >= 15 is 0 Å². The lowest BCUT2D eigenvalue weighted by Crippen LogP contribution is -2.48. The Kier molecular flexibility index (Phi) is 5.89. The maximum absolute atomic E-state index is 12.5. The van der Waals surface area contributed by atoms with Crippen LogP contribution in [0.3, 0.4) is 0 Å². The number of benzene rings is 1. The van der Waals surface area contributed by atoms with E-state index in [0.717, 1.165) is 44.1 Å². The number of aromatic nitrogens is 2. The first-order valence-corrected chi connectivity index (χ1v) is 10.6. The van der Waals surface area contributed by atoms with E-state index in [1.807, 2.05) is 11.0 Å². The van der Waals surface area contributed by atoms with Gasteiger partial charge in [-0.05, 0) is 37.8 Å². The van der Waals surface area contributed by atoms with Gasteiger partial charge in [-0.1, -0.05) is 6.07 Å². The molecule has 154 valence electrons. The van der Waals surface area contributed by atoms with Crippen molar-refractivity contribution in [1.29, 1.82) is 0 Å². The lowest BCUT2D eigenvalue weighted by molar-refractivity contribution is -0.152. The van der Waals surface area contributed by atoms with Gasteiger partial charge < -0.3 is 19.9 Å². The number of fused-ring (bicyclic) bond motifs is 1. The molecule has 1 atom stereocenters. The molecule has 1 aromatic carbocycles. The SMILES string of the molecule is O=C(COC(=O)C1CCCN(C(=O)N2CCCC2)C1)Nc1cccc2nsnc12. The van der Waals surface area contributed by atoms with Gasteiger partial charge in [0.25, 0.3) is 5.91 Å². The van der Waals surface area contributed by atoms with Crippen molar-refractivity contribution >= 4 is 46.4 Å². The summed E-state index contributed by atoms with van der Waals surface area (Å²) in [6, 6.07) is 5.32. The number of piperidine rings is 1. The third-order valence-electron chi connectivity index (χ3n) is 5.31. The first-order valence-electron chi connectivity index (χ1n) is 9.83. The average molecular weight is 417 g/mol. The zero-order chi connectivity index (χ0) is 20.2. The van der Waals surface area contributed by atoms with Crippen molar-refractivity contribution in [1.82, 2.24) is 18.5 Å². The van der Waals surface area contributed by atoms with E-state index in [2.05, 4.69) is 14.1 Å². The van der Waals surface area contributed by atoms with Crippen LogP contribution in [0.15, 0.2) is 18.2 Å². The smallest absolute Gasteiger partial charge is 0.320 e. The summed E-state index contributed by atoms with van der Waals surface area (Å²) in [5, 5.41) is 2.71. The molecule has 0 radical (unpaired) electrons. The van der Waals surface area contributed by atoms with Crippen LogP contribution >= 0.6 is 11.7 Å². The van der Waals surface area contributed by atoms with Crippen LogP contribution in [0.5, 0.6) is 0 Å². The fourth-order valence-corrected chi connectivity index (χ4v) is 4.35. The predicted octanol–water partition coefficient (Wildman–Crippen LogP) is 2.10. The van der Waals surface area contributed by atoms with Gasteiger partial charge in [0, 0.05) is 26.2 Å². The summed E-state index contributed by atoms with van der Waals surface area (Å²) < 4.78 is 13.5. The van der Waals surface area contributed by atoms with E-state index in [0.29, 0.717) is 36.2 Å². The fraction of sp³-hybridized carbons (Fsp3) is 0.526. The van der Waals surface area contributed by atoms with Crippen molar-refractivity contribution in [3.8, 4) is 0 Å². The molecule has 2 saturated heterocycles. The molecule has 1 N–H and O–H groups in total. The summed E-state index contributed by atoms with van der Waals surface area (Å²) in [5.41, 5.74) is 1.85. The third-order valence-corrected chi connectivity index (χ3v) is 5.85. The Morgan fingerprint density at radius 2 is 1.90 bits per heavy atom. The molecule has 2 aromatic rings. The van der Waals surface area contributed by atoms with Crippen molar-refractivity contribution in [3.63, 3.8) is 0 Å². The Morgan fingerprint density at radius 1 is 1.10 bits per heavy atom. The molecule has 10 heteroatoms. The maximum Gasteiger partial charge on any atom is 0.320 e. The number of amides is 3. The van der Waals surface area contributed by atoms with Crippen LogP contribution in [0.25, 0.3) is 11.0 Å². The van der Waals surface area contributed by atoms with Crippen molar-refractivity contribution in [2.24, 2.45) is 5.92 Å². The summed E-state index contributed by atoms with van der Waals surface area (Å²) in [6.45, 7) is 2.20. The number of esters is 1. The number of carbonyl (C=O) groups is 3. The quantitative estimate of drug-likeness (QED) is 0.764. The number of urea groups is 1. The highest BCUT2D eigenvalue weighted by atomic mass is 32.1. The minimum absolute atomic E-state index is 0.00251. The molecule has 0 saturated carbocycles. The number of rotatable bonds is 4. The zero-order valence-corrected chi connectivity index (χ0v) is 16.8. The molecule has 1 aromatic heterocycles. The Labute approximate surface area is 172 Å². The van der Waals surface area contributed by atoms with Gasteiger partial charge in [0.15, 0.2) is 6.61 Å². The number of carbonyl (C=O) groups excluding carboxylic acids is 3. The number of anilines is 1. The molecule has 2 fully saturated rings. The molecular formula is C19H23N5O4S. The summed E-state index contributed by atoms with van der Waals surface area (Å²) >= 11 is 1.07. The van der Waals surface area contributed by atoms with Gasteiger partial charge in [0.05, 0.1) is 23.3 Å². The minimum Gasteiger partial charge on any atom is -0.455 e. The molecule has 29 heavy (non-hydrogen) atoms. The van der Waals surface area contributed by atoms with Crippen LogP contribution in [0.1, 0.15) is 25.7 Å². The fourth-order valence-electron chi connectivity index (χ4n) is 3.80. The van der Waals surface area contributed by atoms with Crippen LogP contribution in [-0.4, -0.2) is 69.2 Å². The van der Waals surface area contributed by atoms with Gasteiger partial charge in [0.1, 0.15) is 11.0 Å². The Balaban J connectivity index is 1.28. The van der Waals surface area contributed by atoms with E-state index in [1.54, 1.807) is 17.0 Å². The highest BCUT2D eigenvalue weighted by Gasteiger charge is 2.32. The monoisotopic (exact) mass is 417 g/mol. The molecule has 2 aliphatic heterocycles. The van der Waals surface area contributed by atoms with Gasteiger partial charge in [-0.3, -0.25) is 9.59 Å². The molecule has 3 amide bonds. The van der Waals surface area contributed by atoms with Crippen LogP contribution in [-0.2, 0) is 14.3 Å². The van der Waals surface area contributed by atoms with Crippen molar-refractivity contribution in [2.75, 3.05) is 38.1 Å². The summed E-state index contributed by atoms with van der Waals surface area (Å²) in [7, 11) is 0. The minimum atomic E-state index is -0.437. The van der Waals surface area contributed by atoms with Gasteiger partial charge in [-0.15, -0.1) is 0 Å². The molecule has 1 unspecified atom stereocenters. The second-order valence-corrected chi connectivity index (χ2v) is 7.88. The Morgan fingerprint density at radius 3 is 2.72 bits per heavy atom. The maximum atomic E-state index is 12.5. The van der Waals surface area contributed by atoms with Crippen LogP contribution in [0.2, 0.25) is 0 Å². The van der Waals surface area contributed by atoms with E-state index in [9.17, 15) is 14.4 Å². The van der Waals surface area contributed by atoms with Crippen LogP contribution in [0.4, 0.5) is 10.5 Å². The molecule has 9 nitrogen and oxygen atoms in total. The molecule has 2 aliphatic rings. The van der Waals surface area contributed by atoms with Crippen molar-refractivity contribution in [2.45, 2.75) is 25.7 Å². The molecule has 0 aliphatic carbocycles. The zero-order valence-electron chi connectivity index (χ0n) is 16.0. The molecule has 0 spiro atoms. The molecule has 3 heterocycles. The number of ether oxygens (including phenoxy) is 1. The number of hydrogen-bond acceptors (Lipinski definition) is 7. The summed E-state index contributed by atoms with van der Waals surface area (Å²) in [6.07, 6.45) is 3.48. The molecular weight excluding hydrogens is 394 g/mol. The summed E-state index contributed by atoms with van der Waals surface area (Å²) in [5.74, 6) is -1.26. The standard InChI is InChI=1S/C19H23N5O4S/c25-16(20-14-6-3-7-15-17(14)22-29-21-15)12-28-18(26)13-5-4-10-24(11-13)19(27)23-8-1-2-9-23/h3,6-7,13H,1-2,4-5,8-12H2,(H,20,25). The lowest BCUT2D eigenvalue weighted by Gasteiger charge is -2.34. The van der Waals surface area contributed by atoms with Gasteiger partial charge in [-0.25, -0.2) is 4.79 Å². The number of likely N-dealkylation sites (tertiary alicyclic amines) is 2. The number of nitrogens with one attached hydrogen (secondary N) is 1. The highest BCUT2D eigenvalue weighted by molar-refractivity contribution is 7.00. The van der Waals surface area contributed by atoms with E-state index in [1.165, 1.54) is 0 Å². The van der Waals surface area contributed by atoms with Gasteiger partial charge in [0.2, 0.25) is 0 Å².